The van der Waals surface area contributed by atoms with Crippen LogP contribution in [-0.2, 0) is 25.3 Å². The van der Waals surface area contributed by atoms with E-state index in [1.165, 1.54) is 4.90 Å². The van der Waals surface area contributed by atoms with E-state index in [0.717, 1.165) is 12.7 Å². The first-order valence-corrected chi connectivity index (χ1v) is 13.9. The highest BCUT2D eigenvalue weighted by Crippen LogP contribution is 2.39. The molecule has 1 fully saturated rings. The Morgan fingerprint density at radius 3 is 2.38 bits per heavy atom. The summed E-state index contributed by atoms with van der Waals surface area (Å²) in [5.74, 6) is -0.966. The number of carbonyl (C=O) groups is 2. The average Bonchev–Trinajstić information content (AvgIpc) is 2.75. The number of benzene rings is 1. The number of esters is 1. The molecule has 0 aliphatic carbocycles. The number of nitrogens with zero attached hydrogens (tertiary/aromatic N) is 1. The first kappa shape index (κ1) is 26.3. The predicted molar refractivity (Wildman–Crippen MR) is 122 cm³/mol. The van der Waals surface area contributed by atoms with Gasteiger partial charge in [-0.05, 0) is 36.5 Å². The summed E-state index contributed by atoms with van der Waals surface area (Å²) < 4.78 is 16.6. The van der Waals surface area contributed by atoms with E-state index < -0.39 is 44.7 Å². The molecule has 1 aliphatic rings. The standard InChI is InChI=1S/C23H37NO7Si/c1-23(2,3)32(5,6)31-17-13-10-14-24(18(17)19(25)20(26)21(27)29-4)22(28)30-15-16-11-8-7-9-12-16/h7-9,11-12,17-20,25-26H,10,13-15H2,1-6H3/t17-,18-,19+,20+/m1/s1. The van der Waals surface area contributed by atoms with Crippen LogP contribution in [0.15, 0.2) is 30.3 Å². The molecule has 180 valence electrons. The molecule has 1 heterocycles. The third-order valence-electron chi connectivity index (χ3n) is 6.44. The number of hydrogen-bond acceptors (Lipinski definition) is 7. The van der Waals surface area contributed by atoms with Crippen LogP contribution in [0.1, 0.15) is 39.2 Å². The van der Waals surface area contributed by atoms with E-state index in [1.54, 1.807) is 0 Å². The largest absolute Gasteiger partial charge is 0.467 e. The van der Waals surface area contributed by atoms with E-state index in [0.29, 0.717) is 19.4 Å². The molecule has 0 saturated carbocycles. The molecule has 1 aliphatic heterocycles. The summed E-state index contributed by atoms with van der Waals surface area (Å²) in [6.45, 7) is 10.9. The van der Waals surface area contributed by atoms with Crippen LogP contribution >= 0.6 is 0 Å². The number of rotatable bonds is 7. The number of aliphatic hydroxyl groups excluding tert-OH is 2. The van der Waals surface area contributed by atoms with Gasteiger partial charge in [-0.15, -0.1) is 0 Å². The minimum atomic E-state index is -2.27. The van der Waals surface area contributed by atoms with E-state index in [2.05, 4.69) is 38.6 Å². The summed E-state index contributed by atoms with van der Waals surface area (Å²) in [5.41, 5.74) is 0.832. The number of amides is 1. The zero-order valence-corrected chi connectivity index (χ0v) is 20.9. The molecule has 4 atom stereocenters. The van der Waals surface area contributed by atoms with Gasteiger partial charge in [-0.3, -0.25) is 4.90 Å². The van der Waals surface area contributed by atoms with Gasteiger partial charge in [0.1, 0.15) is 12.7 Å². The van der Waals surface area contributed by atoms with Crippen molar-refractivity contribution >= 4 is 20.4 Å². The smallest absolute Gasteiger partial charge is 0.410 e. The van der Waals surface area contributed by atoms with Crippen molar-refractivity contribution in [3.8, 4) is 0 Å². The fraction of sp³-hybridized carbons (Fsp3) is 0.652. The van der Waals surface area contributed by atoms with Crippen LogP contribution in [0, 0.1) is 0 Å². The summed E-state index contributed by atoms with van der Waals surface area (Å²) in [4.78, 5) is 26.3. The van der Waals surface area contributed by atoms with Crippen LogP contribution in [0.25, 0.3) is 0 Å². The van der Waals surface area contributed by atoms with Gasteiger partial charge in [0.2, 0.25) is 0 Å². The summed E-state index contributed by atoms with van der Waals surface area (Å²) >= 11 is 0. The molecule has 8 nitrogen and oxygen atoms in total. The van der Waals surface area contributed by atoms with Crippen molar-refractivity contribution in [2.75, 3.05) is 13.7 Å². The second-order valence-electron chi connectivity index (χ2n) is 9.74. The molecule has 9 heteroatoms. The number of hydrogen-bond donors (Lipinski definition) is 2. The zero-order chi connectivity index (χ0) is 24.1. The Kier molecular flexibility index (Phi) is 8.87. The lowest BCUT2D eigenvalue weighted by atomic mass is 9.92. The maximum Gasteiger partial charge on any atom is 0.410 e. The van der Waals surface area contributed by atoms with Gasteiger partial charge in [0.15, 0.2) is 14.4 Å². The highest BCUT2D eigenvalue weighted by molar-refractivity contribution is 6.74. The number of likely N-dealkylation sites (tertiary alicyclic amines) is 1. The van der Waals surface area contributed by atoms with Crippen molar-refractivity contribution in [2.45, 2.75) is 82.7 Å². The second kappa shape index (κ2) is 10.8. The van der Waals surface area contributed by atoms with Crippen LogP contribution in [0.4, 0.5) is 4.79 Å². The molecule has 1 aromatic carbocycles. The van der Waals surface area contributed by atoms with Gasteiger partial charge in [0.25, 0.3) is 0 Å². The third kappa shape index (κ3) is 6.31. The van der Waals surface area contributed by atoms with Crippen LogP contribution in [0.2, 0.25) is 18.1 Å². The van der Waals surface area contributed by atoms with Gasteiger partial charge in [-0.1, -0.05) is 51.1 Å². The van der Waals surface area contributed by atoms with Gasteiger partial charge in [-0.25, -0.2) is 9.59 Å². The Bertz CT molecular complexity index is 765. The molecule has 0 bridgehead atoms. The Labute approximate surface area is 191 Å². The van der Waals surface area contributed by atoms with Crippen molar-refractivity contribution in [3.05, 3.63) is 35.9 Å². The van der Waals surface area contributed by atoms with Gasteiger partial charge in [0.05, 0.1) is 19.3 Å². The molecule has 1 amide bonds. The highest BCUT2D eigenvalue weighted by atomic mass is 28.4. The summed E-state index contributed by atoms with van der Waals surface area (Å²) in [7, 11) is -1.14. The number of piperidine rings is 1. The number of carbonyl (C=O) groups excluding carboxylic acids is 2. The minimum absolute atomic E-state index is 0.0757. The molecule has 0 aromatic heterocycles. The lowest BCUT2D eigenvalue weighted by Crippen LogP contribution is -2.63. The lowest BCUT2D eigenvalue weighted by Gasteiger charge is -2.48. The van der Waals surface area contributed by atoms with E-state index >= 15 is 0 Å². The van der Waals surface area contributed by atoms with Crippen LogP contribution in [0.5, 0.6) is 0 Å². The number of methoxy groups -OCH3 is 1. The maximum absolute atomic E-state index is 13.0. The van der Waals surface area contributed by atoms with E-state index in [-0.39, 0.29) is 11.6 Å². The maximum atomic E-state index is 13.0. The molecule has 2 rings (SSSR count). The van der Waals surface area contributed by atoms with Gasteiger partial charge in [0, 0.05) is 6.54 Å². The topological polar surface area (TPSA) is 106 Å². The fourth-order valence-corrected chi connectivity index (χ4v) is 4.90. The van der Waals surface area contributed by atoms with Crippen molar-refractivity contribution < 1.29 is 33.7 Å². The molecule has 0 spiro atoms. The van der Waals surface area contributed by atoms with E-state index in [1.807, 2.05) is 30.3 Å². The number of ether oxygens (including phenoxy) is 2. The monoisotopic (exact) mass is 467 g/mol. The molecule has 2 N–H and O–H groups in total. The first-order valence-electron chi connectivity index (χ1n) is 11.0. The predicted octanol–water partition coefficient (Wildman–Crippen LogP) is 3.07. The first-order chi connectivity index (χ1) is 14.9. The van der Waals surface area contributed by atoms with E-state index in [9.17, 15) is 19.8 Å². The molecule has 0 unspecified atom stereocenters. The summed E-state index contributed by atoms with van der Waals surface area (Å²) in [6, 6.07) is 8.33. The molecule has 1 saturated heterocycles. The third-order valence-corrected chi connectivity index (χ3v) is 10.9. The molecule has 32 heavy (non-hydrogen) atoms. The Morgan fingerprint density at radius 2 is 1.81 bits per heavy atom. The van der Waals surface area contributed by atoms with Gasteiger partial charge < -0.3 is 24.1 Å². The van der Waals surface area contributed by atoms with Crippen molar-refractivity contribution in [1.29, 1.82) is 0 Å². The SMILES string of the molecule is COC(=O)[C@@H](O)[C@@H](O)[C@H]1[C@H](O[Si](C)(C)C(C)(C)C)CCCN1C(=O)OCc1ccccc1. The quantitative estimate of drug-likeness (QED) is 0.469. The molecule has 0 radical (unpaired) electrons. The second-order valence-corrected chi connectivity index (χ2v) is 14.5. The average molecular weight is 468 g/mol. The normalized spacial score (nSPS) is 21.6. The summed E-state index contributed by atoms with van der Waals surface area (Å²) in [5, 5.41) is 21.2. The van der Waals surface area contributed by atoms with Crippen molar-refractivity contribution in [1.82, 2.24) is 4.90 Å². The van der Waals surface area contributed by atoms with Crippen LogP contribution < -0.4 is 0 Å². The minimum Gasteiger partial charge on any atom is -0.467 e. The summed E-state index contributed by atoms with van der Waals surface area (Å²) in [6.07, 6.45) is -3.33. The van der Waals surface area contributed by atoms with Gasteiger partial charge in [-0.2, -0.15) is 0 Å². The van der Waals surface area contributed by atoms with Gasteiger partial charge >= 0.3 is 12.1 Å². The Hall–Kier alpha value is -1.94. The lowest BCUT2D eigenvalue weighted by molar-refractivity contribution is -0.162. The van der Waals surface area contributed by atoms with Crippen LogP contribution in [-0.4, -0.2) is 73.5 Å². The molecular weight excluding hydrogens is 430 g/mol. The Balaban J connectivity index is 2.28. The highest BCUT2D eigenvalue weighted by Gasteiger charge is 2.48. The van der Waals surface area contributed by atoms with Crippen molar-refractivity contribution in [2.24, 2.45) is 0 Å². The molecule has 1 aromatic rings. The fourth-order valence-electron chi connectivity index (χ4n) is 3.53. The Morgan fingerprint density at radius 1 is 1.19 bits per heavy atom. The molecular formula is C23H37NO7Si. The zero-order valence-electron chi connectivity index (χ0n) is 19.9. The number of aliphatic hydroxyl groups is 2. The van der Waals surface area contributed by atoms with Crippen molar-refractivity contribution in [3.63, 3.8) is 0 Å². The van der Waals surface area contributed by atoms with Crippen LogP contribution in [0.3, 0.4) is 0 Å². The van der Waals surface area contributed by atoms with E-state index in [4.69, 9.17) is 9.16 Å².